The molecule has 25 heavy (non-hydrogen) atoms. The van der Waals surface area contributed by atoms with E-state index in [1.165, 1.54) is 0 Å². The van der Waals surface area contributed by atoms with Crippen LogP contribution >= 0.6 is 0 Å². The number of methoxy groups -OCH3 is 1. The van der Waals surface area contributed by atoms with Crippen LogP contribution in [0.5, 0.6) is 0 Å². The molecule has 0 aliphatic carbocycles. The summed E-state index contributed by atoms with van der Waals surface area (Å²) >= 11 is 0. The van der Waals surface area contributed by atoms with E-state index in [1.807, 2.05) is 17.0 Å². The fourth-order valence-electron chi connectivity index (χ4n) is 3.40. The molecule has 0 spiro atoms. The first kappa shape index (κ1) is 17.8. The van der Waals surface area contributed by atoms with Crippen LogP contribution in [0.15, 0.2) is 18.3 Å². The molecule has 2 aromatic heterocycles. The van der Waals surface area contributed by atoms with Gasteiger partial charge in [-0.15, -0.1) is 0 Å². The molecule has 0 aromatic carbocycles. The molecule has 0 radical (unpaired) electrons. The summed E-state index contributed by atoms with van der Waals surface area (Å²) in [5, 5.41) is 3.27. The SMILES string of the molecule is COC[C@H](C)n1c(CCCC(=O)N2CCNCC2)nc2cccnc21. The minimum atomic E-state index is 0.156. The smallest absolute Gasteiger partial charge is 0.222 e. The summed E-state index contributed by atoms with van der Waals surface area (Å²) in [5.41, 5.74) is 1.78. The van der Waals surface area contributed by atoms with E-state index >= 15 is 0 Å². The van der Waals surface area contributed by atoms with E-state index in [0.717, 1.165) is 56.0 Å². The Kier molecular flexibility index (Phi) is 5.99. The van der Waals surface area contributed by atoms with E-state index in [2.05, 4.69) is 21.8 Å². The first-order valence-electron chi connectivity index (χ1n) is 9.00. The number of nitrogens with one attached hydrogen (secondary N) is 1. The molecule has 1 saturated heterocycles. The summed E-state index contributed by atoms with van der Waals surface area (Å²) in [6.07, 6.45) is 3.92. The van der Waals surface area contributed by atoms with Crippen LogP contribution in [0.1, 0.15) is 31.6 Å². The molecule has 2 aromatic rings. The number of ether oxygens (including phenoxy) is 1. The fraction of sp³-hybridized carbons (Fsp3) is 0.611. The van der Waals surface area contributed by atoms with Gasteiger partial charge in [0.05, 0.1) is 12.6 Å². The van der Waals surface area contributed by atoms with Crippen molar-refractivity contribution >= 4 is 17.1 Å². The number of nitrogens with zero attached hydrogens (tertiary/aromatic N) is 4. The average Bonchev–Trinajstić information content (AvgIpc) is 3.01. The van der Waals surface area contributed by atoms with Crippen molar-refractivity contribution in [1.29, 1.82) is 0 Å². The van der Waals surface area contributed by atoms with Crippen LogP contribution in [0.3, 0.4) is 0 Å². The fourth-order valence-corrected chi connectivity index (χ4v) is 3.40. The molecule has 1 atom stereocenters. The molecule has 0 bridgehead atoms. The molecule has 1 amide bonds. The van der Waals surface area contributed by atoms with Crippen LogP contribution in [-0.2, 0) is 16.0 Å². The monoisotopic (exact) mass is 345 g/mol. The quantitative estimate of drug-likeness (QED) is 0.821. The minimum Gasteiger partial charge on any atom is -0.383 e. The van der Waals surface area contributed by atoms with Gasteiger partial charge in [0.15, 0.2) is 5.65 Å². The maximum Gasteiger partial charge on any atom is 0.222 e. The Morgan fingerprint density at radius 2 is 2.20 bits per heavy atom. The number of piperazine rings is 1. The molecular formula is C18H27N5O2. The number of aryl methyl sites for hydroxylation is 1. The molecule has 1 aliphatic rings. The summed E-state index contributed by atoms with van der Waals surface area (Å²) < 4.78 is 7.46. The van der Waals surface area contributed by atoms with Gasteiger partial charge in [-0.05, 0) is 25.5 Å². The largest absolute Gasteiger partial charge is 0.383 e. The first-order chi connectivity index (χ1) is 12.2. The Morgan fingerprint density at radius 3 is 2.96 bits per heavy atom. The molecule has 3 rings (SSSR count). The highest BCUT2D eigenvalue weighted by molar-refractivity contribution is 5.76. The van der Waals surface area contributed by atoms with Gasteiger partial charge in [-0.1, -0.05) is 0 Å². The van der Waals surface area contributed by atoms with Gasteiger partial charge >= 0.3 is 0 Å². The maximum absolute atomic E-state index is 12.3. The molecule has 3 heterocycles. The third kappa shape index (κ3) is 4.16. The molecule has 1 aliphatic heterocycles. The molecular weight excluding hydrogens is 318 g/mol. The van der Waals surface area contributed by atoms with E-state index in [9.17, 15) is 4.79 Å². The zero-order chi connectivity index (χ0) is 17.6. The number of carbonyl (C=O) groups excluding carboxylic acids is 1. The van der Waals surface area contributed by atoms with Crippen LogP contribution in [-0.4, -0.2) is 65.2 Å². The highest BCUT2D eigenvalue weighted by atomic mass is 16.5. The number of carbonyl (C=O) groups is 1. The number of amides is 1. The van der Waals surface area contributed by atoms with Crippen molar-refractivity contribution in [1.82, 2.24) is 24.8 Å². The minimum absolute atomic E-state index is 0.156. The summed E-state index contributed by atoms with van der Waals surface area (Å²) in [5.74, 6) is 1.22. The summed E-state index contributed by atoms with van der Waals surface area (Å²) in [4.78, 5) is 23.5. The zero-order valence-corrected chi connectivity index (χ0v) is 15.1. The van der Waals surface area contributed by atoms with Crippen LogP contribution in [0.4, 0.5) is 0 Å². The van der Waals surface area contributed by atoms with E-state index in [0.29, 0.717) is 13.0 Å². The molecule has 1 N–H and O–H groups in total. The van der Waals surface area contributed by atoms with E-state index in [1.54, 1.807) is 13.3 Å². The molecule has 0 unspecified atom stereocenters. The van der Waals surface area contributed by atoms with E-state index < -0.39 is 0 Å². The van der Waals surface area contributed by atoms with Crippen molar-refractivity contribution in [2.75, 3.05) is 39.9 Å². The van der Waals surface area contributed by atoms with Crippen molar-refractivity contribution in [3.05, 3.63) is 24.2 Å². The standard InChI is InChI=1S/C18H27N5O2/c1-14(13-25-2)23-16(21-15-5-4-8-20-18(15)23)6-3-7-17(24)22-11-9-19-10-12-22/h4-5,8,14,19H,3,6-7,9-13H2,1-2H3/t14-/m0/s1. The highest BCUT2D eigenvalue weighted by Crippen LogP contribution is 2.21. The molecule has 1 fully saturated rings. The lowest BCUT2D eigenvalue weighted by Crippen LogP contribution is -2.46. The lowest BCUT2D eigenvalue weighted by atomic mass is 10.2. The molecule has 136 valence electrons. The lowest BCUT2D eigenvalue weighted by Gasteiger charge is -2.27. The van der Waals surface area contributed by atoms with Gasteiger partial charge in [-0.3, -0.25) is 4.79 Å². The van der Waals surface area contributed by atoms with Gasteiger partial charge in [0, 0.05) is 52.3 Å². The van der Waals surface area contributed by atoms with E-state index in [4.69, 9.17) is 9.72 Å². The van der Waals surface area contributed by atoms with Crippen LogP contribution < -0.4 is 5.32 Å². The summed E-state index contributed by atoms with van der Waals surface area (Å²) in [6.45, 7) is 6.12. The number of hydrogen-bond donors (Lipinski definition) is 1. The van der Waals surface area contributed by atoms with E-state index in [-0.39, 0.29) is 11.9 Å². The molecule has 0 saturated carbocycles. The number of fused-ring (bicyclic) bond motifs is 1. The van der Waals surface area contributed by atoms with Crippen LogP contribution in [0.2, 0.25) is 0 Å². The van der Waals surface area contributed by atoms with Crippen LogP contribution in [0, 0.1) is 0 Å². The van der Waals surface area contributed by atoms with Crippen molar-refractivity contribution in [3.63, 3.8) is 0 Å². The molecule has 7 nitrogen and oxygen atoms in total. The Bertz CT molecular complexity index is 709. The predicted octanol–water partition coefficient (Wildman–Crippen LogP) is 1.39. The Balaban J connectivity index is 1.68. The van der Waals surface area contributed by atoms with Gasteiger partial charge < -0.3 is 19.5 Å². The van der Waals surface area contributed by atoms with Crippen molar-refractivity contribution in [3.8, 4) is 0 Å². The number of imidazole rings is 1. The average molecular weight is 345 g/mol. The second-order valence-corrected chi connectivity index (χ2v) is 6.53. The second kappa shape index (κ2) is 8.40. The van der Waals surface area contributed by atoms with Crippen molar-refractivity contribution in [2.45, 2.75) is 32.2 Å². The van der Waals surface area contributed by atoms with Gasteiger partial charge in [0.25, 0.3) is 0 Å². The normalized spacial score (nSPS) is 16.3. The Hall–Kier alpha value is -1.99. The van der Waals surface area contributed by atoms with Crippen molar-refractivity contribution < 1.29 is 9.53 Å². The second-order valence-electron chi connectivity index (χ2n) is 6.53. The summed E-state index contributed by atoms with van der Waals surface area (Å²) in [6, 6.07) is 4.04. The number of aromatic nitrogens is 3. The zero-order valence-electron chi connectivity index (χ0n) is 15.1. The predicted molar refractivity (Wildman–Crippen MR) is 96.5 cm³/mol. The van der Waals surface area contributed by atoms with Gasteiger partial charge in [0.1, 0.15) is 11.3 Å². The van der Waals surface area contributed by atoms with Crippen molar-refractivity contribution in [2.24, 2.45) is 0 Å². The first-order valence-corrected chi connectivity index (χ1v) is 9.00. The third-order valence-electron chi connectivity index (χ3n) is 4.63. The van der Waals surface area contributed by atoms with Gasteiger partial charge in [0.2, 0.25) is 5.91 Å². The van der Waals surface area contributed by atoms with Gasteiger partial charge in [-0.2, -0.15) is 0 Å². The summed E-state index contributed by atoms with van der Waals surface area (Å²) in [7, 11) is 1.70. The number of hydrogen-bond acceptors (Lipinski definition) is 5. The lowest BCUT2D eigenvalue weighted by molar-refractivity contribution is -0.131. The van der Waals surface area contributed by atoms with Gasteiger partial charge in [-0.25, -0.2) is 9.97 Å². The number of rotatable bonds is 7. The maximum atomic E-state index is 12.3. The Labute approximate surface area is 148 Å². The number of pyridine rings is 1. The molecule has 7 heteroatoms. The topological polar surface area (TPSA) is 72.3 Å². The highest BCUT2D eigenvalue weighted by Gasteiger charge is 2.19. The Morgan fingerprint density at radius 1 is 1.40 bits per heavy atom. The third-order valence-corrected chi connectivity index (χ3v) is 4.63. The van der Waals surface area contributed by atoms with Crippen LogP contribution in [0.25, 0.3) is 11.2 Å².